The van der Waals surface area contributed by atoms with E-state index in [0.29, 0.717) is 29.0 Å². The van der Waals surface area contributed by atoms with Crippen LogP contribution >= 0.6 is 11.6 Å². The predicted molar refractivity (Wildman–Crippen MR) is 97.7 cm³/mol. The largest absolute Gasteiger partial charge is 0.385 e. The van der Waals surface area contributed by atoms with Gasteiger partial charge in [0.15, 0.2) is 16.4 Å². The number of carbonyl (C=O) groups excluding carboxylic acids is 1. The van der Waals surface area contributed by atoms with Crippen molar-refractivity contribution in [2.24, 2.45) is 0 Å². The van der Waals surface area contributed by atoms with Crippen molar-refractivity contribution in [2.75, 3.05) is 24.7 Å². The van der Waals surface area contributed by atoms with E-state index < -0.39 is 9.84 Å². The third-order valence-corrected chi connectivity index (χ3v) is 6.40. The molecule has 1 amide bonds. The first kappa shape index (κ1) is 18.9. The molecule has 26 heavy (non-hydrogen) atoms. The molecular formula is C16H21ClN4O4S. The Hall–Kier alpha value is -1.87. The van der Waals surface area contributed by atoms with Crippen LogP contribution in [-0.2, 0) is 14.6 Å². The predicted octanol–water partition coefficient (Wildman–Crippen LogP) is 1.33. The number of aromatic nitrogens is 3. The van der Waals surface area contributed by atoms with Gasteiger partial charge in [-0.25, -0.2) is 8.42 Å². The van der Waals surface area contributed by atoms with E-state index in [9.17, 15) is 13.2 Å². The quantitative estimate of drug-likeness (QED) is 0.695. The molecule has 1 aliphatic heterocycles. The van der Waals surface area contributed by atoms with Gasteiger partial charge in [0.2, 0.25) is 0 Å². The number of hydrogen-bond donors (Lipinski definition) is 0. The molecule has 1 fully saturated rings. The van der Waals surface area contributed by atoms with Gasteiger partial charge in [-0.15, -0.1) is 5.10 Å². The van der Waals surface area contributed by atoms with E-state index in [1.54, 1.807) is 23.1 Å². The van der Waals surface area contributed by atoms with Crippen LogP contribution in [0, 0.1) is 0 Å². The summed E-state index contributed by atoms with van der Waals surface area (Å²) in [6.07, 6.45) is 2.19. The molecule has 3 rings (SSSR count). The molecule has 0 spiro atoms. The van der Waals surface area contributed by atoms with Crippen LogP contribution in [0.1, 0.15) is 26.2 Å². The number of nitrogens with zero attached hydrogens (tertiary/aromatic N) is 4. The Morgan fingerprint density at radius 2 is 2.27 bits per heavy atom. The first-order valence-corrected chi connectivity index (χ1v) is 10.7. The van der Waals surface area contributed by atoms with E-state index in [0.717, 1.165) is 12.8 Å². The highest BCUT2D eigenvalue weighted by molar-refractivity contribution is 7.91. The summed E-state index contributed by atoms with van der Waals surface area (Å²) in [5.41, 5.74) is 1.17. The first-order chi connectivity index (χ1) is 12.4. The molecule has 0 bridgehead atoms. The zero-order valence-electron chi connectivity index (χ0n) is 14.5. The van der Waals surface area contributed by atoms with Crippen molar-refractivity contribution in [2.45, 2.75) is 32.2 Å². The summed E-state index contributed by atoms with van der Waals surface area (Å²) in [6.45, 7) is 2.30. The Morgan fingerprint density at radius 3 is 2.96 bits per heavy atom. The van der Waals surface area contributed by atoms with Crippen molar-refractivity contribution in [3.05, 3.63) is 23.2 Å². The number of rotatable bonds is 7. The summed E-state index contributed by atoms with van der Waals surface area (Å²) in [6, 6.07) is 4.77. The lowest BCUT2D eigenvalue weighted by molar-refractivity contribution is -0.138. The van der Waals surface area contributed by atoms with E-state index in [1.807, 2.05) is 6.92 Å². The van der Waals surface area contributed by atoms with Gasteiger partial charge in [-0.1, -0.05) is 29.8 Å². The number of halogens is 1. The van der Waals surface area contributed by atoms with E-state index in [2.05, 4.69) is 10.3 Å². The molecule has 0 aliphatic carbocycles. The van der Waals surface area contributed by atoms with Crippen molar-refractivity contribution in [1.29, 1.82) is 0 Å². The Morgan fingerprint density at radius 1 is 1.46 bits per heavy atom. The second-order valence-corrected chi connectivity index (χ2v) is 9.03. The number of hydrogen-bond acceptors (Lipinski definition) is 6. The molecule has 2 aromatic rings. The number of sulfone groups is 1. The summed E-state index contributed by atoms with van der Waals surface area (Å²) < 4.78 is 23.5. The third-order valence-electron chi connectivity index (χ3n) is 4.41. The molecule has 10 heteroatoms. The van der Waals surface area contributed by atoms with Gasteiger partial charge in [-0.2, -0.15) is 0 Å². The van der Waals surface area contributed by atoms with Gasteiger partial charge in [0.1, 0.15) is 11.0 Å². The molecule has 2 heterocycles. The van der Waals surface area contributed by atoms with E-state index in [1.165, 1.54) is 4.85 Å². The highest BCUT2D eigenvalue weighted by Crippen LogP contribution is 2.19. The lowest BCUT2D eigenvalue weighted by Crippen LogP contribution is -2.45. The maximum atomic E-state index is 12.7. The lowest BCUT2D eigenvalue weighted by atomic mass is 10.2. The Bertz CT molecular complexity index is 899. The molecule has 1 aliphatic rings. The minimum Gasteiger partial charge on any atom is -0.385 e. The monoisotopic (exact) mass is 400 g/mol. The minimum atomic E-state index is -3.07. The molecule has 142 valence electrons. The molecule has 0 unspecified atom stereocenters. The van der Waals surface area contributed by atoms with E-state index in [-0.39, 0.29) is 30.1 Å². The molecule has 1 saturated heterocycles. The smallest absolute Gasteiger partial charge is 0.263 e. The van der Waals surface area contributed by atoms with Crippen LogP contribution in [0.5, 0.6) is 0 Å². The Kier molecular flexibility index (Phi) is 5.67. The molecule has 0 N–H and O–H groups in total. The number of benzene rings is 1. The highest BCUT2D eigenvalue weighted by Gasteiger charge is 2.34. The average Bonchev–Trinajstić information content (AvgIpc) is 3.16. The molecule has 0 saturated carbocycles. The number of unbranched alkanes of at least 4 members (excludes halogenated alkanes) is 1. The van der Waals surface area contributed by atoms with Gasteiger partial charge in [0, 0.05) is 17.6 Å². The third kappa shape index (κ3) is 4.27. The summed E-state index contributed by atoms with van der Waals surface area (Å²) >= 11 is 5.97. The van der Waals surface area contributed by atoms with Crippen LogP contribution in [-0.4, -0.2) is 65.1 Å². The van der Waals surface area contributed by atoms with Gasteiger partial charge >= 0.3 is 0 Å². The van der Waals surface area contributed by atoms with Crippen molar-refractivity contribution < 1.29 is 18.0 Å². The fourth-order valence-corrected chi connectivity index (χ4v) is 4.92. The number of fused-ring (bicyclic) bond motifs is 1. The number of carbonyl (C=O) groups is 1. The Labute approximate surface area is 156 Å². The van der Waals surface area contributed by atoms with Crippen molar-refractivity contribution >= 4 is 38.4 Å². The zero-order valence-corrected chi connectivity index (χ0v) is 16.0. The summed E-state index contributed by atoms with van der Waals surface area (Å²) in [4.78, 5) is 21.0. The average molecular weight is 401 g/mol. The van der Waals surface area contributed by atoms with Crippen LogP contribution in [0.2, 0.25) is 5.02 Å². The van der Waals surface area contributed by atoms with Crippen LogP contribution in [0.3, 0.4) is 0 Å². The van der Waals surface area contributed by atoms with Crippen LogP contribution < -0.4 is 4.84 Å². The van der Waals surface area contributed by atoms with Gasteiger partial charge in [0.25, 0.3) is 5.91 Å². The SMILES string of the molecule is CCCCN(C(=O)COn1nnc2ccc(Cl)cc21)[C@@H]1CCS(=O)(=O)C1. The zero-order chi connectivity index (χ0) is 18.7. The van der Waals surface area contributed by atoms with Crippen LogP contribution in [0.25, 0.3) is 11.0 Å². The summed E-state index contributed by atoms with van der Waals surface area (Å²) in [5.74, 6) is -0.114. The van der Waals surface area contributed by atoms with Crippen LogP contribution in [0.4, 0.5) is 0 Å². The van der Waals surface area contributed by atoms with Gasteiger partial charge in [-0.3, -0.25) is 4.79 Å². The van der Waals surface area contributed by atoms with Crippen molar-refractivity contribution in [1.82, 2.24) is 20.1 Å². The highest BCUT2D eigenvalue weighted by atomic mass is 35.5. The topological polar surface area (TPSA) is 94.4 Å². The maximum Gasteiger partial charge on any atom is 0.263 e. The normalized spacial score (nSPS) is 18.9. The van der Waals surface area contributed by atoms with Crippen molar-refractivity contribution in [3.8, 4) is 0 Å². The number of amides is 1. The Balaban J connectivity index is 1.69. The van der Waals surface area contributed by atoms with Crippen molar-refractivity contribution in [3.63, 3.8) is 0 Å². The first-order valence-electron chi connectivity index (χ1n) is 8.54. The maximum absolute atomic E-state index is 12.7. The molecule has 1 aromatic heterocycles. The molecule has 0 radical (unpaired) electrons. The second-order valence-electron chi connectivity index (χ2n) is 6.37. The van der Waals surface area contributed by atoms with E-state index in [4.69, 9.17) is 16.4 Å². The fourth-order valence-electron chi connectivity index (χ4n) is 3.03. The lowest BCUT2D eigenvalue weighted by Gasteiger charge is -2.28. The van der Waals surface area contributed by atoms with E-state index >= 15 is 0 Å². The summed E-state index contributed by atoms with van der Waals surface area (Å²) in [7, 11) is -3.07. The standard InChI is InChI=1S/C16H21ClN4O4S/c1-2-3-7-20(13-6-8-26(23,24)11-13)16(22)10-25-21-15-9-12(17)4-5-14(15)18-19-21/h4-5,9,13H,2-3,6-8,10-11H2,1H3/t13-/m1/s1. The molecule has 1 aromatic carbocycles. The summed E-state index contributed by atoms with van der Waals surface area (Å²) in [5, 5.41) is 8.33. The molecule has 1 atom stereocenters. The second kappa shape index (κ2) is 7.79. The molecule has 8 nitrogen and oxygen atoms in total. The van der Waals surface area contributed by atoms with Crippen LogP contribution in [0.15, 0.2) is 18.2 Å². The van der Waals surface area contributed by atoms with Gasteiger partial charge in [0.05, 0.1) is 11.5 Å². The molecular weight excluding hydrogens is 380 g/mol. The minimum absolute atomic E-state index is 0.0182. The van der Waals surface area contributed by atoms with Gasteiger partial charge < -0.3 is 9.74 Å². The van der Waals surface area contributed by atoms with Gasteiger partial charge in [-0.05, 0) is 36.3 Å². The fraction of sp³-hybridized carbons (Fsp3) is 0.562.